The molecular formula is C26H29N5O10S. The van der Waals surface area contributed by atoms with Gasteiger partial charge in [-0.25, -0.2) is 13.2 Å². The van der Waals surface area contributed by atoms with E-state index in [1.165, 1.54) is 49.5 Å². The van der Waals surface area contributed by atoms with Crippen LogP contribution in [-0.4, -0.2) is 88.4 Å². The fourth-order valence-electron chi connectivity index (χ4n) is 4.53. The average molecular weight is 604 g/mol. The highest BCUT2D eigenvalue weighted by Crippen LogP contribution is 2.49. The number of nitrogens with zero attached hydrogens (tertiary/aromatic N) is 2. The monoisotopic (exact) mass is 603 g/mol. The molecule has 2 aliphatic rings. The number of aromatic nitrogens is 1. The molecule has 0 unspecified atom stereocenters. The number of ether oxygens (including phenoxy) is 2. The van der Waals surface area contributed by atoms with Crippen LogP contribution in [0.4, 0.5) is 4.79 Å². The molecule has 224 valence electrons. The molecule has 3 atom stereocenters. The van der Waals surface area contributed by atoms with E-state index >= 15 is 0 Å². The number of esters is 1. The van der Waals surface area contributed by atoms with Gasteiger partial charge in [0, 0.05) is 38.3 Å². The summed E-state index contributed by atoms with van der Waals surface area (Å²) >= 11 is 0. The maximum atomic E-state index is 13.8. The minimum Gasteiger partial charge on any atom is -0.504 e. The van der Waals surface area contributed by atoms with E-state index in [-0.39, 0.29) is 42.2 Å². The van der Waals surface area contributed by atoms with E-state index in [4.69, 9.17) is 15.2 Å². The number of fused-ring (bicyclic) bond motifs is 1. The number of carbonyl (C=O) groups is 4. The van der Waals surface area contributed by atoms with Gasteiger partial charge in [0.05, 0.1) is 11.3 Å². The molecule has 0 aliphatic carbocycles. The summed E-state index contributed by atoms with van der Waals surface area (Å²) in [6, 6.07) is 6.70. The highest BCUT2D eigenvalue weighted by atomic mass is 32.2. The highest BCUT2D eigenvalue weighted by molar-refractivity contribution is 7.94. The predicted octanol–water partition coefficient (Wildman–Crippen LogP) is -0.264. The lowest BCUT2D eigenvalue weighted by atomic mass is 10.00. The van der Waals surface area contributed by atoms with Crippen molar-refractivity contribution in [1.82, 2.24) is 20.5 Å². The lowest BCUT2D eigenvalue weighted by Gasteiger charge is -2.38. The van der Waals surface area contributed by atoms with Gasteiger partial charge in [-0.3, -0.25) is 24.3 Å². The van der Waals surface area contributed by atoms with Crippen molar-refractivity contribution in [1.29, 1.82) is 0 Å². The average Bonchev–Trinajstić information content (AvgIpc) is 3.09. The molecule has 2 aromatic rings. The highest BCUT2D eigenvalue weighted by Gasteiger charge is 2.72. The lowest BCUT2D eigenvalue weighted by Crippen LogP contribution is -2.58. The van der Waals surface area contributed by atoms with Crippen LogP contribution in [-0.2, 0) is 35.4 Å². The maximum Gasteiger partial charge on any atom is 0.407 e. The smallest absolute Gasteiger partial charge is 0.407 e. The molecule has 6 N–H and O–H groups in total. The number of benzene rings is 1. The Balaban J connectivity index is 1.55. The van der Waals surface area contributed by atoms with E-state index in [2.05, 4.69) is 15.6 Å². The Bertz CT molecular complexity index is 1580. The van der Waals surface area contributed by atoms with E-state index in [0.717, 1.165) is 11.8 Å². The standard InChI is InChI=1S/C26H29N5O10S/c1-14(32)41-24-26(2,13-40-25(37)30-12-15-3-4-19(33)20(34)9-15)42(38,39)23-18(22(36)31(23)24)11-17-10-16(5-7-28-17)21(35)29-8-6-27/h3-5,7,9-11,23-24,33-34H,6,8,12-13,27H2,1-2H3,(H,29,35)(H,30,37)/b18-11-/t23-,24+,26+/m1/s1. The van der Waals surface area contributed by atoms with Crippen LogP contribution in [0.1, 0.15) is 35.5 Å². The molecule has 0 saturated carbocycles. The Morgan fingerprint density at radius 3 is 2.57 bits per heavy atom. The molecule has 0 radical (unpaired) electrons. The molecule has 4 rings (SSSR count). The zero-order chi connectivity index (χ0) is 30.8. The number of nitrogens with two attached hydrogens (primary N) is 1. The third-order valence-corrected chi connectivity index (χ3v) is 9.43. The molecule has 1 aromatic carbocycles. The summed E-state index contributed by atoms with van der Waals surface area (Å²) in [4.78, 5) is 54.7. The second kappa shape index (κ2) is 11.7. The summed E-state index contributed by atoms with van der Waals surface area (Å²) in [6.07, 6.45) is -0.0625. The van der Waals surface area contributed by atoms with Crippen LogP contribution in [0.15, 0.2) is 42.1 Å². The van der Waals surface area contributed by atoms with Crippen LogP contribution < -0.4 is 16.4 Å². The van der Waals surface area contributed by atoms with Crippen LogP contribution >= 0.6 is 0 Å². The van der Waals surface area contributed by atoms with Crippen LogP contribution in [0.2, 0.25) is 0 Å². The van der Waals surface area contributed by atoms with Gasteiger partial charge in [0.25, 0.3) is 11.8 Å². The molecule has 2 saturated heterocycles. The van der Waals surface area contributed by atoms with Gasteiger partial charge in [-0.05, 0) is 42.8 Å². The van der Waals surface area contributed by atoms with Crippen LogP contribution in [0.25, 0.3) is 6.08 Å². The Labute approximate surface area is 240 Å². The molecule has 3 amide bonds. The van der Waals surface area contributed by atoms with Gasteiger partial charge in [0.15, 0.2) is 31.5 Å². The van der Waals surface area contributed by atoms with E-state index in [1.807, 2.05) is 0 Å². The Morgan fingerprint density at radius 2 is 1.90 bits per heavy atom. The predicted molar refractivity (Wildman–Crippen MR) is 145 cm³/mol. The molecule has 0 bridgehead atoms. The normalized spacial score (nSPS) is 23.1. The second-order valence-electron chi connectivity index (χ2n) is 9.75. The molecular weight excluding hydrogens is 574 g/mol. The van der Waals surface area contributed by atoms with E-state index in [0.29, 0.717) is 5.56 Å². The fraction of sp³-hybridized carbons (Fsp3) is 0.346. The zero-order valence-electron chi connectivity index (χ0n) is 22.6. The van der Waals surface area contributed by atoms with Crippen LogP contribution in [0.3, 0.4) is 0 Å². The first kappa shape index (κ1) is 30.3. The Kier molecular flexibility index (Phi) is 8.40. The van der Waals surface area contributed by atoms with E-state index < -0.39 is 62.4 Å². The number of hydrogen-bond acceptors (Lipinski definition) is 12. The van der Waals surface area contributed by atoms with Crippen molar-refractivity contribution < 1.29 is 47.3 Å². The van der Waals surface area contributed by atoms with E-state index in [9.17, 15) is 37.8 Å². The maximum absolute atomic E-state index is 13.8. The zero-order valence-corrected chi connectivity index (χ0v) is 23.4. The number of phenols is 2. The van der Waals surface area contributed by atoms with Crippen molar-refractivity contribution in [2.75, 3.05) is 19.7 Å². The van der Waals surface area contributed by atoms with Crippen molar-refractivity contribution in [3.05, 3.63) is 58.9 Å². The quantitative estimate of drug-likeness (QED) is 0.108. The molecule has 16 heteroatoms. The van der Waals surface area contributed by atoms with E-state index in [1.54, 1.807) is 0 Å². The largest absolute Gasteiger partial charge is 0.504 e. The fourth-order valence-corrected chi connectivity index (χ4v) is 6.72. The van der Waals surface area contributed by atoms with Crippen molar-refractivity contribution in [2.45, 2.75) is 36.7 Å². The van der Waals surface area contributed by atoms with Gasteiger partial charge < -0.3 is 36.1 Å². The first-order valence-electron chi connectivity index (χ1n) is 12.6. The molecule has 3 heterocycles. The first-order chi connectivity index (χ1) is 19.8. The summed E-state index contributed by atoms with van der Waals surface area (Å²) in [5.41, 5.74) is 6.01. The topological polar surface area (TPSA) is 228 Å². The number of hydrogen-bond donors (Lipinski definition) is 5. The lowest BCUT2D eigenvalue weighted by molar-refractivity contribution is -0.168. The second-order valence-corrected chi connectivity index (χ2v) is 12.2. The number of pyridine rings is 1. The van der Waals surface area contributed by atoms with Crippen molar-refractivity contribution in [3.63, 3.8) is 0 Å². The Morgan fingerprint density at radius 1 is 1.17 bits per heavy atom. The van der Waals surface area contributed by atoms with Crippen LogP contribution in [0, 0.1) is 0 Å². The van der Waals surface area contributed by atoms with Crippen molar-refractivity contribution >= 4 is 39.8 Å². The number of aromatic hydroxyl groups is 2. The number of amides is 3. The Hall–Kier alpha value is -4.70. The third-order valence-electron chi connectivity index (χ3n) is 6.74. The number of nitrogens with one attached hydrogen (secondary N) is 2. The minimum atomic E-state index is -4.36. The van der Waals surface area contributed by atoms with Gasteiger partial charge in [-0.2, -0.15) is 0 Å². The van der Waals surface area contributed by atoms with Crippen molar-refractivity contribution in [2.24, 2.45) is 5.73 Å². The SMILES string of the molecule is CC(=O)O[C@@H]1N2C(=O)/C(=C/c3cc(C(=O)NCCN)ccn3)[C@H]2S(=O)(=O)[C@@]1(C)COC(=O)NCc1ccc(O)c(O)c1. The minimum absolute atomic E-state index is 0.125. The molecule has 2 fully saturated rings. The number of rotatable bonds is 9. The summed E-state index contributed by atoms with van der Waals surface area (Å²) in [7, 11) is -4.36. The molecule has 1 aromatic heterocycles. The third kappa shape index (κ3) is 5.58. The number of carbonyl (C=O) groups excluding carboxylic acids is 4. The number of phenolic OH excluding ortho intramolecular Hbond substituents is 2. The number of β-lactam (4-membered cyclic amide) rings is 1. The summed E-state index contributed by atoms with van der Waals surface area (Å²) in [6.45, 7) is 1.82. The van der Waals surface area contributed by atoms with Gasteiger partial charge in [0.1, 0.15) is 6.61 Å². The number of sulfone groups is 1. The van der Waals surface area contributed by atoms with Gasteiger partial charge in [0.2, 0.25) is 6.23 Å². The van der Waals surface area contributed by atoms with Crippen molar-refractivity contribution in [3.8, 4) is 11.5 Å². The van der Waals surface area contributed by atoms with Gasteiger partial charge in [-0.1, -0.05) is 6.07 Å². The first-order valence-corrected chi connectivity index (χ1v) is 14.2. The summed E-state index contributed by atoms with van der Waals surface area (Å²) in [5.74, 6) is -2.78. The number of alkyl carbamates (subject to hydrolysis) is 1. The molecule has 15 nitrogen and oxygen atoms in total. The molecule has 42 heavy (non-hydrogen) atoms. The van der Waals surface area contributed by atoms with Crippen LogP contribution in [0.5, 0.6) is 11.5 Å². The van der Waals surface area contributed by atoms with Gasteiger partial charge in [-0.15, -0.1) is 0 Å². The molecule has 0 spiro atoms. The van der Waals surface area contributed by atoms with Gasteiger partial charge >= 0.3 is 12.1 Å². The molecule has 2 aliphatic heterocycles. The summed E-state index contributed by atoms with van der Waals surface area (Å²) < 4.78 is 36.0. The summed E-state index contributed by atoms with van der Waals surface area (Å²) in [5, 5.41) is 22.5.